The Hall–Kier alpha value is -1.47. The summed E-state index contributed by atoms with van der Waals surface area (Å²) >= 11 is 0. The van der Waals surface area contributed by atoms with Crippen molar-refractivity contribution in [1.82, 2.24) is 10.3 Å². The van der Waals surface area contributed by atoms with Crippen LogP contribution < -0.4 is 5.32 Å². The molecule has 18 heavy (non-hydrogen) atoms. The third kappa shape index (κ3) is 4.80. The number of hydrogen-bond donors (Lipinski definition) is 2. The van der Waals surface area contributed by atoms with Crippen molar-refractivity contribution in [3.8, 4) is 0 Å². The topological polar surface area (TPSA) is 96.4 Å². The van der Waals surface area contributed by atoms with Gasteiger partial charge in [0.05, 0.1) is 11.4 Å². The number of pyridine rings is 1. The summed E-state index contributed by atoms with van der Waals surface area (Å²) in [6, 6.07) is 4.71. The molecule has 0 atom stereocenters. The van der Waals surface area contributed by atoms with E-state index in [4.69, 9.17) is 5.11 Å². The van der Waals surface area contributed by atoms with Crippen LogP contribution in [0.3, 0.4) is 0 Å². The van der Waals surface area contributed by atoms with Crippen LogP contribution in [-0.2, 0) is 16.4 Å². The highest BCUT2D eigenvalue weighted by Crippen LogP contribution is 1.99. The minimum absolute atomic E-state index is 0.0181. The first-order valence-corrected chi connectivity index (χ1v) is 7.37. The molecular formula is C11H16N2O4S. The van der Waals surface area contributed by atoms with E-state index in [1.54, 1.807) is 19.1 Å². The van der Waals surface area contributed by atoms with E-state index in [9.17, 15) is 13.2 Å². The second kappa shape index (κ2) is 6.46. The molecule has 2 N–H and O–H groups in total. The van der Waals surface area contributed by atoms with Crippen molar-refractivity contribution in [3.05, 3.63) is 29.6 Å². The Kier molecular flexibility index (Phi) is 5.24. The Morgan fingerprint density at radius 3 is 2.78 bits per heavy atom. The molecule has 0 aliphatic heterocycles. The van der Waals surface area contributed by atoms with Crippen molar-refractivity contribution in [2.45, 2.75) is 13.5 Å². The lowest BCUT2D eigenvalue weighted by Crippen LogP contribution is -2.24. The lowest BCUT2D eigenvalue weighted by molar-refractivity contribution is 0.0690. The van der Waals surface area contributed by atoms with Gasteiger partial charge < -0.3 is 10.4 Å². The summed E-state index contributed by atoms with van der Waals surface area (Å²) in [6.45, 7) is 2.28. The lowest BCUT2D eigenvalue weighted by atomic mass is 10.3. The average Bonchev–Trinajstić information content (AvgIpc) is 2.35. The van der Waals surface area contributed by atoms with E-state index in [0.29, 0.717) is 18.8 Å². The highest BCUT2D eigenvalue weighted by atomic mass is 32.2. The van der Waals surface area contributed by atoms with E-state index in [2.05, 4.69) is 10.3 Å². The summed E-state index contributed by atoms with van der Waals surface area (Å²) in [4.78, 5) is 14.6. The van der Waals surface area contributed by atoms with Gasteiger partial charge in [-0.2, -0.15) is 0 Å². The average molecular weight is 272 g/mol. The van der Waals surface area contributed by atoms with Gasteiger partial charge in [-0.1, -0.05) is 13.0 Å². The normalized spacial score (nSPS) is 11.4. The van der Waals surface area contributed by atoms with Gasteiger partial charge in [-0.15, -0.1) is 0 Å². The minimum atomic E-state index is -2.97. The molecule has 1 aromatic rings. The predicted octanol–water partition coefficient (Wildman–Crippen LogP) is 0.304. The molecule has 0 amide bonds. The van der Waals surface area contributed by atoms with Crippen LogP contribution in [0.1, 0.15) is 23.1 Å². The van der Waals surface area contributed by atoms with E-state index in [-0.39, 0.29) is 17.2 Å². The van der Waals surface area contributed by atoms with E-state index in [1.165, 1.54) is 6.07 Å². The third-order valence-electron chi connectivity index (χ3n) is 2.36. The number of aromatic nitrogens is 1. The highest BCUT2D eigenvalue weighted by molar-refractivity contribution is 7.91. The third-order valence-corrected chi connectivity index (χ3v) is 4.07. The molecular weight excluding hydrogens is 256 g/mol. The maximum absolute atomic E-state index is 11.2. The van der Waals surface area contributed by atoms with Gasteiger partial charge in [-0.25, -0.2) is 18.2 Å². The van der Waals surface area contributed by atoms with Gasteiger partial charge in [0.25, 0.3) is 0 Å². The van der Waals surface area contributed by atoms with Crippen LogP contribution in [0.2, 0.25) is 0 Å². The molecule has 0 saturated heterocycles. The fourth-order valence-electron chi connectivity index (χ4n) is 1.29. The zero-order valence-corrected chi connectivity index (χ0v) is 10.9. The number of carboxylic acids is 1. The number of hydrogen-bond acceptors (Lipinski definition) is 5. The lowest BCUT2D eigenvalue weighted by Gasteiger charge is -2.05. The Labute approximate surface area is 106 Å². The van der Waals surface area contributed by atoms with Gasteiger partial charge in [0, 0.05) is 18.8 Å². The molecule has 0 spiro atoms. The first-order valence-electron chi connectivity index (χ1n) is 5.55. The Bertz CT molecular complexity index is 514. The van der Waals surface area contributed by atoms with Crippen LogP contribution in [0.25, 0.3) is 0 Å². The molecule has 0 radical (unpaired) electrons. The molecule has 0 aliphatic rings. The van der Waals surface area contributed by atoms with Crippen molar-refractivity contribution < 1.29 is 18.3 Å². The molecule has 0 bridgehead atoms. The molecule has 1 heterocycles. The number of carbonyl (C=O) groups is 1. The fraction of sp³-hybridized carbons (Fsp3) is 0.455. The Morgan fingerprint density at radius 2 is 2.17 bits per heavy atom. The fourth-order valence-corrected chi connectivity index (χ4v) is 2.03. The predicted molar refractivity (Wildman–Crippen MR) is 67.2 cm³/mol. The second-order valence-electron chi connectivity index (χ2n) is 3.73. The molecule has 0 unspecified atom stereocenters. The number of nitrogens with one attached hydrogen (secondary N) is 1. The van der Waals surface area contributed by atoms with Gasteiger partial charge in [0.2, 0.25) is 0 Å². The summed E-state index contributed by atoms with van der Waals surface area (Å²) < 4.78 is 22.4. The smallest absolute Gasteiger partial charge is 0.354 e. The zero-order chi connectivity index (χ0) is 13.6. The summed E-state index contributed by atoms with van der Waals surface area (Å²) in [7, 11) is -2.97. The molecule has 7 heteroatoms. The number of rotatable bonds is 7. The van der Waals surface area contributed by atoms with Crippen LogP contribution >= 0.6 is 0 Å². The first-order chi connectivity index (χ1) is 8.44. The highest BCUT2D eigenvalue weighted by Gasteiger charge is 2.07. The van der Waals surface area contributed by atoms with Crippen LogP contribution in [-0.4, -0.2) is 42.5 Å². The first kappa shape index (κ1) is 14.6. The van der Waals surface area contributed by atoms with Crippen LogP contribution in [0.5, 0.6) is 0 Å². The summed E-state index contributed by atoms with van der Waals surface area (Å²) in [5, 5.41) is 11.7. The summed E-state index contributed by atoms with van der Waals surface area (Å²) in [5.41, 5.74) is 0.555. The molecule has 0 fully saturated rings. The van der Waals surface area contributed by atoms with E-state index >= 15 is 0 Å². The number of carboxylic acid groups (broad SMARTS) is 1. The van der Waals surface area contributed by atoms with Crippen molar-refractivity contribution in [2.75, 3.05) is 18.1 Å². The molecule has 6 nitrogen and oxygen atoms in total. The van der Waals surface area contributed by atoms with Gasteiger partial charge in [-0.3, -0.25) is 0 Å². The van der Waals surface area contributed by atoms with Gasteiger partial charge in [-0.05, 0) is 12.1 Å². The SMILES string of the molecule is CCS(=O)(=O)CCNCc1cccc(C(=O)O)n1. The van der Waals surface area contributed by atoms with E-state index in [0.717, 1.165) is 0 Å². The van der Waals surface area contributed by atoms with Crippen LogP contribution in [0, 0.1) is 0 Å². The number of aromatic carboxylic acids is 1. The summed E-state index contributed by atoms with van der Waals surface area (Å²) in [6.07, 6.45) is 0. The van der Waals surface area contributed by atoms with Gasteiger partial charge in [0.1, 0.15) is 5.69 Å². The maximum atomic E-state index is 11.2. The van der Waals surface area contributed by atoms with Crippen molar-refractivity contribution in [1.29, 1.82) is 0 Å². The van der Waals surface area contributed by atoms with Crippen LogP contribution in [0.15, 0.2) is 18.2 Å². The monoisotopic (exact) mass is 272 g/mol. The maximum Gasteiger partial charge on any atom is 0.354 e. The minimum Gasteiger partial charge on any atom is -0.477 e. The second-order valence-corrected chi connectivity index (χ2v) is 6.21. The largest absolute Gasteiger partial charge is 0.477 e. The van der Waals surface area contributed by atoms with Crippen LogP contribution in [0.4, 0.5) is 0 Å². The van der Waals surface area contributed by atoms with Crippen molar-refractivity contribution in [2.24, 2.45) is 0 Å². The van der Waals surface area contributed by atoms with Gasteiger partial charge >= 0.3 is 5.97 Å². The molecule has 0 aliphatic carbocycles. The standard InChI is InChI=1S/C11H16N2O4S/c1-2-18(16,17)7-6-12-8-9-4-3-5-10(13-9)11(14)15/h3-5,12H,2,6-8H2,1H3,(H,14,15). The van der Waals surface area contributed by atoms with E-state index < -0.39 is 15.8 Å². The number of nitrogens with zero attached hydrogens (tertiary/aromatic N) is 1. The zero-order valence-electron chi connectivity index (χ0n) is 10.1. The molecule has 0 aromatic carbocycles. The van der Waals surface area contributed by atoms with Crippen molar-refractivity contribution >= 4 is 15.8 Å². The molecule has 1 aromatic heterocycles. The number of sulfone groups is 1. The van der Waals surface area contributed by atoms with Crippen molar-refractivity contribution in [3.63, 3.8) is 0 Å². The van der Waals surface area contributed by atoms with E-state index in [1.807, 2.05) is 0 Å². The Morgan fingerprint density at radius 1 is 1.44 bits per heavy atom. The molecule has 1 rings (SSSR count). The molecule has 0 saturated carbocycles. The van der Waals surface area contributed by atoms with Gasteiger partial charge in [0.15, 0.2) is 9.84 Å². The Balaban J connectivity index is 2.45. The quantitative estimate of drug-likeness (QED) is 0.693. The summed E-state index contributed by atoms with van der Waals surface area (Å²) in [5.74, 6) is -0.880. The molecule has 100 valence electrons.